The average Bonchev–Trinajstić information content (AvgIpc) is 3.11. The number of alkyl halides is 2. The number of anilines is 4. The number of H-pyrrole nitrogens is 1. The minimum absolute atomic E-state index is 0.0627. The van der Waals surface area contributed by atoms with Crippen LogP contribution in [0.5, 0.6) is 11.5 Å². The largest absolute Gasteiger partial charge is 0.490 e. The topological polar surface area (TPSA) is 114 Å². The van der Waals surface area contributed by atoms with E-state index in [-0.39, 0.29) is 24.1 Å². The highest BCUT2D eigenvalue weighted by atomic mass is 19.3. The Morgan fingerprint density at radius 2 is 1.91 bits per heavy atom. The van der Waals surface area contributed by atoms with Crippen LogP contribution in [-0.2, 0) is 0 Å². The molecule has 0 atom stereocenters. The first-order chi connectivity index (χ1) is 15.4. The van der Waals surface area contributed by atoms with Crippen LogP contribution in [-0.4, -0.2) is 28.2 Å². The number of fused-ring (bicyclic) bond motifs is 1. The second-order valence-corrected chi connectivity index (χ2v) is 6.67. The number of aryl methyl sites for hydroxylation is 1. The number of benzene rings is 2. The van der Waals surface area contributed by atoms with Gasteiger partial charge in [-0.25, -0.2) is 9.78 Å². The van der Waals surface area contributed by atoms with Crippen LogP contribution in [0.4, 0.5) is 31.9 Å². The van der Waals surface area contributed by atoms with Crippen molar-refractivity contribution in [3.63, 3.8) is 0 Å². The number of aromatic amines is 1. The molecule has 2 heterocycles. The first-order valence-corrected chi connectivity index (χ1v) is 9.63. The van der Waals surface area contributed by atoms with Gasteiger partial charge >= 0.3 is 12.4 Å². The summed E-state index contributed by atoms with van der Waals surface area (Å²) in [7, 11) is 0. The van der Waals surface area contributed by atoms with Gasteiger partial charge in [0.15, 0.2) is 17.1 Å². The fraction of sp³-hybridized carbons (Fsp3) is 0.190. The molecule has 0 amide bonds. The molecule has 0 radical (unpaired) electrons. The van der Waals surface area contributed by atoms with Gasteiger partial charge in [-0.2, -0.15) is 13.8 Å². The van der Waals surface area contributed by atoms with Gasteiger partial charge in [0.25, 0.3) is 0 Å². The molecule has 0 unspecified atom stereocenters. The van der Waals surface area contributed by atoms with Crippen molar-refractivity contribution in [2.24, 2.45) is 0 Å². The van der Waals surface area contributed by atoms with Gasteiger partial charge < -0.3 is 24.5 Å². The van der Waals surface area contributed by atoms with Crippen molar-refractivity contribution >= 4 is 34.2 Å². The maximum atomic E-state index is 12.6. The lowest BCUT2D eigenvalue weighted by atomic mass is 10.2. The van der Waals surface area contributed by atoms with Crippen LogP contribution < -0.4 is 25.9 Å². The van der Waals surface area contributed by atoms with Gasteiger partial charge in [0.05, 0.1) is 12.1 Å². The summed E-state index contributed by atoms with van der Waals surface area (Å²) in [6.45, 7) is 0.906. The van der Waals surface area contributed by atoms with Crippen LogP contribution in [0.3, 0.4) is 0 Å². The molecular formula is C21H19F2N5O4. The number of nitrogens with one attached hydrogen (secondary N) is 3. The van der Waals surface area contributed by atoms with Gasteiger partial charge in [0.1, 0.15) is 5.82 Å². The van der Waals surface area contributed by atoms with Crippen LogP contribution in [0.1, 0.15) is 12.5 Å². The Morgan fingerprint density at radius 1 is 1.12 bits per heavy atom. The summed E-state index contributed by atoms with van der Waals surface area (Å²) < 4.78 is 40.1. The molecule has 4 aromatic rings. The standard InChI is InChI=1S/C21H19F2N5O4/c1-3-30-17-9-13(5-7-16(17)31-19(22)23)26-20-24-10-11(2)18(28-20)25-12-4-6-15-14(8-12)27-21(29)32-15/h4-10,19H,3H2,1-2H3,(H,27,29)(H2,24,25,26,28). The fourth-order valence-electron chi connectivity index (χ4n) is 2.97. The molecular weight excluding hydrogens is 424 g/mol. The zero-order valence-corrected chi connectivity index (χ0v) is 17.1. The van der Waals surface area contributed by atoms with Crippen molar-refractivity contribution in [2.45, 2.75) is 20.5 Å². The van der Waals surface area contributed by atoms with Crippen LogP contribution in [0.15, 0.2) is 51.8 Å². The van der Waals surface area contributed by atoms with E-state index in [4.69, 9.17) is 9.15 Å². The second kappa shape index (κ2) is 8.92. The van der Waals surface area contributed by atoms with Crippen molar-refractivity contribution in [3.8, 4) is 11.5 Å². The average molecular weight is 443 g/mol. The minimum atomic E-state index is -2.96. The van der Waals surface area contributed by atoms with Gasteiger partial charge in [0, 0.05) is 29.2 Å². The summed E-state index contributed by atoms with van der Waals surface area (Å²) in [6.07, 6.45) is 1.63. The predicted molar refractivity (Wildman–Crippen MR) is 114 cm³/mol. The molecule has 11 heteroatoms. The third-order valence-electron chi connectivity index (χ3n) is 4.37. The summed E-state index contributed by atoms with van der Waals surface area (Å²) in [5.74, 6) is 0.396. The number of halogens is 2. The van der Waals surface area contributed by atoms with E-state index in [0.29, 0.717) is 28.3 Å². The zero-order valence-electron chi connectivity index (χ0n) is 17.1. The number of ether oxygens (including phenoxy) is 2. The van der Waals surface area contributed by atoms with E-state index in [2.05, 4.69) is 30.3 Å². The van der Waals surface area contributed by atoms with E-state index in [1.807, 2.05) is 6.92 Å². The minimum Gasteiger partial charge on any atom is -0.490 e. The van der Waals surface area contributed by atoms with Crippen molar-refractivity contribution < 1.29 is 22.7 Å². The molecule has 9 nitrogen and oxygen atoms in total. The molecule has 0 aliphatic carbocycles. The van der Waals surface area contributed by atoms with Gasteiger partial charge in [-0.3, -0.25) is 4.98 Å². The number of nitrogens with zero attached hydrogens (tertiary/aromatic N) is 2. The Bertz CT molecular complexity index is 1310. The predicted octanol–water partition coefficient (Wildman–Crippen LogP) is 4.71. The maximum absolute atomic E-state index is 12.6. The molecule has 0 fully saturated rings. The lowest BCUT2D eigenvalue weighted by Crippen LogP contribution is -2.06. The zero-order chi connectivity index (χ0) is 22.7. The van der Waals surface area contributed by atoms with Crippen LogP contribution in [0.25, 0.3) is 11.1 Å². The second-order valence-electron chi connectivity index (χ2n) is 6.67. The Balaban J connectivity index is 1.56. The summed E-state index contributed by atoms with van der Waals surface area (Å²) in [5, 5.41) is 6.20. The molecule has 2 aromatic heterocycles. The molecule has 32 heavy (non-hydrogen) atoms. The van der Waals surface area contributed by atoms with E-state index in [0.717, 1.165) is 5.56 Å². The smallest absolute Gasteiger partial charge is 0.417 e. The molecule has 0 aliphatic rings. The molecule has 0 saturated carbocycles. The summed E-state index contributed by atoms with van der Waals surface area (Å²) in [6, 6.07) is 9.62. The van der Waals surface area contributed by atoms with Crippen LogP contribution in [0.2, 0.25) is 0 Å². The highest BCUT2D eigenvalue weighted by Crippen LogP contribution is 2.33. The van der Waals surface area contributed by atoms with Crippen molar-refractivity contribution in [1.82, 2.24) is 15.0 Å². The van der Waals surface area contributed by atoms with Crippen LogP contribution >= 0.6 is 0 Å². The number of oxazole rings is 1. The summed E-state index contributed by atoms with van der Waals surface area (Å²) in [5.41, 5.74) is 3.01. The molecule has 0 saturated heterocycles. The Morgan fingerprint density at radius 3 is 2.69 bits per heavy atom. The van der Waals surface area contributed by atoms with Gasteiger partial charge in [0.2, 0.25) is 5.95 Å². The van der Waals surface area contributed by atoms with Gasteiger partial charge in [-0.1, -0.05) is 0 Å². The Kier molecular flexibility index (Phi) is 5.88. The van der Waals surface area contributed by atoms with E-state index < -0.39 is 12.4 Å². The van der Waals surface area contributed by atoms with Gasteiger partial charge in [-0.05, 0) is 44.2 Å². The molecule has 3 N–H and O–H groups in total. The number of rotatable bonds is 8. The molecule has 0 spiro atoms. The molecule has 4 rings (SSSR count). The fourth-order valence-corrected chi connectivity index (χ4v) is 2.97. The van der Waals surface area contributed by atoms with E-state index in [1.54, 1.807) is 37.4 Å². The van der Waals surface area contributed by atoms with E-state index in [9.17, 15) is 13.6 Å². The first kappa shape index (κ1) is 21.1. The highest BCUT2D eigenvalue weighted by molar-refractivity contribution is 5.78. The third-order valence-corrected chi connectivity index (χ3v) is 4.37. The van der Waals surface area contributed by atoms with Crippen molar-refractivity contribution in [1.29, 1.82) is 0 Å². The summed E-state index contributed by atoms with van der Waals surface area (Å²) in [4.78, 5) is 22.7. The Labute approximate surface area is 180 Å². The summed E-state index contributed by atoms with van der Waals surface area (Å²) >= 11 is 0. The van der Waals surface area contributed by atoms with Crippen molar-refractivity contribution in [2.75, 3.05) is 17.2 Å². The van der Waals surface area contributed by atoms with Gasteiger partial charge in [-0.15, -0.1) is 0 Å². The molecule has 0 bridgehead atoms. The molecule has 2 aromatic carbocycles. The molecule has 0 aliphatic heterocycles. The maximum Gasteiger partial charge on any atom is 0.417 e. The quantitative estimate of drug-likeness (QED) is 0.359. The number of hydrogen-bond acceptors (Lipinski definition) is 8. The first-order valence-electron chi connectivity index (χ1n) is 9.63. The third kappa shape index (κ3) is 4.77. The highest BCUT2D eigenvalue weighted by Gasteiger charge is 2.13. The monoisotopic (exact) mass is 443 g/mol. The number of aromatic nitrogens is 3. The lowest BCUT2D eigenvalue weighted by molar-refractivity contribution is -0.0514. The molecule has 166 valence electrons. The van der Waals surface area contributed by atoms with Crippen LogP contribution in [0, 0.1) is 6.92 Å². The van der Waals surface area contributed by atoms with Crippen molar-refractivity contribution in [3.05, 3.63) is 58.7 Å². The number of hydrogen-bond donors (Lipinski definition) is 3. The Hall–Kier alpha value is -4.15. The normalized spacial score (nSPS) is 11.0. The SMILES string of the molecule is CCOc1cc(Nc2ncc(C)c(Nc3ccc4oc(=O)[nH]c4c3)n2)ccc1OC(F)F. The van der Waals surface area contributed by atoms with E-state index in [1.165, 1.54) is 12.1 Å². The lowest BCUT2D eigenvalue weighted by Gasteiger charge is -2.14. The van der Waals surface area contributed by atoms with E-state index >= 15 is 0 Å².